The summed E-state index contributed by atoms with van der Waals surface area (Å²) in [4.78, 5) is 0. The van der Waals surface area contributed by atoms with Crippen LogP contribution in [0.15, 0.2) is 11.6 Å². The quantitative estimate of drug-likeness (QED) is 0.578. The van der Waals surface area contributed by atoms with Gasteiger partial charge in [0.05, 0.1) is 16.8 Å². The molecule has 0 aromatic carbocycles. The second-order valence-electron chi connectivity index (χ2n) is 10.8. The van der Waals surface area contributed by atoms with Crippen LogP contribution < -0.4 is 0 Å². The van der Waals surface area contributed by atoms with Crippen molar-refractivity contribution in [3.63, 3.8) is 0 Å². The molecule has 0 unspecified atom stereocenters. The lowest BCUT2D eigenvalue weighted by Crippen LogP contribution is -2.52. The fraction of sp³-hybridized carbons (Fsp3) is 0.917. The number of rotatable bonds is 2. The summed E-state index contributed by atoms with van der Waals surface area (Å²) >= 11 is 4.03. The molecule has 4 fully saturated rings. The molecule has 28 heavy (non-hydrogen) atoms. The summed E-state index contributed by atoms with van der Waals surface area (Å²) < 4.78 is 0.405. The number of allylic oxidation sites excluding steroid dienone is 1. The molecule has 4 aliphatic carbocycles. The topological polar surface area (TPSA) is 40.5 Å². The zero-order valence-electron chi connectivity index (χ0n) is 17.6. The number of fused-ring (bicyclic) bond motifs is 5. The first-order valence-corrected chi connectivity index (χ1v) is 13.8. The molecule has 0 amide bonds. The van der Waals surface area contributed by atoms with Gasteiger partial charge in [0.25, 0.3) is 0 Å². The smallest absolute Gasteiger partial charge is 0.0783 e. The molecule has 0 spiro atoms. The van der Waals surface area contributed by atoms with Gasteiger partial charge >= 0.3 is 0 Å². The molecule has 1 aliphatic heterocycles. The van der Waals surface area contributed by atoms with Gasteiger partial charge in [-0.3, -0.25) is 0 Å². The Balaban J connectivity index is 1.38. The average Bonchev–Trinajstić information content (AvgIpc) is 3.06. The van der Waals surface area contributed by atoms with E-state index in [1.165, 1.54) is 56.5 Å². The van der Waals surface area contributed by atoms with Crippen molar-refractivity contribution in [2.24, 2.45) is 34.5 Å². The molecule has 4 heteroatoms. The fourth-order valence-corrected chi connectivity index (χ4v) is 11.1. The van der Waals surface area contributed by atoms with Gasteiger partial charge in [0.2, 0.25) is 0 Å². The van der Waals surface area contributed by atoms with Gasteiger partial charge in [-0.25, -0.2) is 0 Å². The molecular weight excluding hydrogens is 384 g/mol. The summed E-state index contributed by atoms with van der Waals surface area (Å²) in [6, 6.07) is 0. The van der Waals surface area contributed by atoms with Crippen LogP contribution in [0.5, 0.6) is 0 Å². The molecule has 0 radical (unpaired) electrons. The van der Waals surface area contributed by atoms with Gasteiger partial charge in [0, 0.05) is 0 Å². The Labute approximate surface area is 179 Å². The van der Waals surface area contributed by atoms with Crippen LogP contribution in [-0.4, -0.2) is 38.5 Å². The average molecular weight is 423 g/mol. The van der Waals surface area contributed by atoms with E-state index in [9.17, 15) is 10.2 Å². The lowest BCUT2D eigenvalue weighted by molar-refractivity contribution is -0.0678. The van der Waals surface area contributed by atoms with E-state index in [2.05, 4.69) is 19.9 Å². The van der Waals surface area contributed by atoms with Crippen LogP contribution in [0.4, 0.5) is 0 Å². The molecule has 8 atom stereocenters. The molecular formula is C24H38O2S2. The van der Waals surface area contributed by atoms with E-state index in [0.717, 1.165) is 30.6 Å². The summed E-state index contributed by atoms with van der Waals surface area (Å²) in [5.41, 5.74) is 2.23. The highest BCUT2D eigenvalue weighted by Crippen LogP contribution is 2.67. The third-order valence-electron chi connectivity index (χ3n) is 9.70. The van der Waals surface area contributed by atoms with Crippen LogP contribution in [0.1, 0.15) is 71.6 Å². The summed E-state index contributed by atoms with van der Waals surface area (Å²) in [5, 5.41) is 21.6. The van der Waals surface area contributed by atoms with Gasteiger partial charge in [-0.1, -0.05) is 25.5 Å². The third kappa shape index (κ3) is 3.07. The molecule has 0 aromatic rings. The minimum absolute atomic E-state index is 0.110. The summed E-state index contributed by atoms with van der Waals surface area (Å²) in [6.45, 7) is 5.06. The predicted octanol–water partition coefficient (Wildman–Crippen LogP) is 5.48. The van der Waals surface area contributed by atoms with Gasteiger partial charge in [-0.05, 0) is 104 Å². The van der Waals surface area contributed by atoms with E-state index in [1.807, 2.05) is 23.5 Å². The number of hydrogen-bond donors (Lipinski definition) is 2. The lowest BCUT2D eigenvalue weighted by Gasteiger charge is -2.58. The highest BCUT2D eigenvalue weighted by molar-refractivity contribution is 8.17. The zero-order chi connectivity index (χ0) is 19.5. The van der Waals surface area contributed by atoms with Crippen LogP contribution in [0.25, 0.3) is 0 Å². The first-order chi connectivity index (χ1) is 13.4. The van der Waals surface area contributed by atoms with Gasteiger partial charge < -0.3 is 10.2 Å². The number of thioether (sulfide) groups is 2. The van der Waals surface area contributed by atoms with Crippen molar-refractivity contribution in [3.05, 3.63) is 11.6 Å². The maximum Gasteiger partial charge on any atom is 0.0783 e. The molecule has 2 N–H and O–H groups in total. The Morgan fingerprint density at radius 1 is 1.04 bits per heavy atom. The zero-order valence-corrected chi connectivity index (χ0v) is 19.2. The minimum atomic E-state index is -0.128. The Kier molecular flexibility index (Phi) is 5.43. The van der Waals surface area contributed by atoms with E-state index >= 15 is 0 Å². The molecule has 5 rings (SSSR count). The van der Waals surface area contributed by atoms with Crippen LogP contribution in [0.2, 0.25) is 0 Å². The first-order valence-electron chi connectivity index (χ1n) is 11.7. The highest BCUT2D eigenvalue weighted by atomic mass is 32.2. The van der Waals surface area contributed by atoms with Crippen LogP contribution >= 0.6 is 23.5 Å². The van der Waals surface area contributed by atoms with Crippen LogP contribution in [-0.2, 0) is 0 Å². The summed E-state index contributed by atoms with van der Waals surface area (Å²) in [7, 11) is 0. The molecule has 1 heterocycles. The van der Waals surface area contributed by atoms with Gasteiger partial charge in [0.1, 0.15) is 0 Å². The van der Waals surface area contributed by atoms with Crippen molar-refractivity contribution in [3.8, 4) is 0 Å². The second-order valence-corrected chi connectivity index (χ2v) is 13.6. The molecule has 3 saturated carbocycles. The monoisotopic (exact) mass is 422 g/mol. The molecule has 0 bridgehead atoms. The second kappa shape index (κ2) is 7.50. The predicted molar refractivity (Wildman–Crippen MR) is 121 cm³/mol. The van der Waals surface area contributed by atoms with E-state index in [0.29, 0.717) is 21.3 Å². The first kappa shape index (κ1) is 20.3. The van der Waals surface area contributed by atoms with Crippen molar-refractivity contribution in [1.29, 1.82) is 0 Å². The highest BCUT2D eigenvalue weighted by Gasteiger charge is 2.60. The minimum Gasteiger partial charge on any atom is -0.393 e. The largest absolute Gasteiger partial charge is 0.393 e. The van der Waals surface area contributed by atoms with Crippen molar-refractivity contribution in [1.82, 2.24) is 0 Å². The maximum absolute atomic E-state index is 11.4. The standard InChI is InChI=1S/C24H38O2S2/c1-23-10-8-16(25)14-15(23)4-5-17-18-6-7-20(24(18,2)11-9-19(17)23)21(26)22-27-12-3-13-28-22/h4,16-22,25-26H,3,5-14H2,1-2H3/t16-,17-,18-,19-,20+,21+,23-,24-/m0/s1. The SMILES string of the molecule is C[C@]12CC[C@H]3[C@@H](CC=C4C[C@@H](O)CC[C@@]43C)[C@@H]1CC[C@@H]2[C@@H](O)C1SCCCS1. The van der Waals surface area contributed by atoms with E-state index < -0.39 is 0 Å². The van der Waals surface area contributed by atoms with Crippen molar-refractivity contribution in [2.45, 2.75) is 88.4 Å². The summed E-state index contributed by atoms with van der Waals surface area (Å²) in [6.07, 6.45) is 13.1. The van der Waals surface area contributed by atoms with Crippen molar-refractivity contribution < 1.29 is 10.2 Å². The number of hydrogen-bond acceptors (Lipinski definition) is 4. The Morgan fingerprint density at radius 3 is 2.61 bits per heavy atom. The van der Waals surface area contributed by atoms with Crippen molar-refractivity contribution >= 4 is 23.5 Å². The number of aliphatic hydroxyl groups is 2. The van der Waals surface area contributed by atoms with Crippen molar-refractivity contribution in [2.75, 3.05) is 11.5 Å². The molecule has 2 nitrogen and oxygen atoms in total. The Hall–Kier alpha value is 0.360. The van der Waals surface area contributed by atoms with Crippen LogP contribution in [0.3, 0.4) is 0 Å². The van der Waals surface area contributed by atoms with Gasteiger partial charge in [0.15, 0.2) is 0 Å². The Morgan fingerprint density at radius 2 is 1.82 bits per heavy atom. The molecule has 0 aromatic heterocycles. The van der Waals surface area contributed by atoms with E-state index in [-0.39, 0.29) is 12.2 Å². The molecule has 1 saturated heterocycles. The maximum atomic E-state index is 11.4. The third-order valence-corrected chi connectivity index (χ3v) is 12.8. The van der Waals surface area contributed by atoms with E-state index in [1.54, 1.807) is 5.57 Å². The molecule has 158 valence electrons. The Bertz CT molecular complexity index is 630. The van der Waals surface area contributed by atoms with Gasteiger partial charge in [-0.15, -0.1) is 23.5 Å². The number of aliphatic hydroxyl groups excluding tert-OH is 2. The molecule has 5 aliphatic rings. The van der Waals surface area contributed by atoms with Gasteiger partial charge in [-0.2, -0.15) is 0 Å². The fourth-order valence-electron chi connectivity index (χ4n) is 8.14. The normalized spacial score (nSPS) is 50.3. The summed E-state index contributed by atoms with van der Waals surface area (Å²) in [5.74, 6) is 5.33. The van der Waals surface area contributed by atoms with E-state index in [4.69, 9.17) is 0 Å². The van der Waals surface area contributed by atoms with Crippen LogP contribution in [0, 0.1) is 34.5 Å². The lowest BCUT2D eigenvalue weighted by atomic mass is 9.47.